The van der Waals surface area contributed by atoms with Crippen molar-refractivity contribution in [3.63, 3.8) is 0 Å². The van der Waals surface area contributed by atoms with Crippen molar-refractivity contribution in [2.45, 2.75) is 0 Å². The Hall–Kier alpha value is -6.90. The number of hydrogen-bond acceptors (Lipinski definition) is 1. The average molecular weight is 663 g/mol. The maximum absolute atomic E-state index is 2.37. The summed E-state index contributed by atoms with van der Waals surface area (Å²) in [4.78, 5) is 2.36. The van der Waals surface area contributed by atoms with E-state index in [9.17, 15) is 0 Å². The van der Waals surface area contributed by atoms with Crippen molar-refractivity contribution in [1.82, 2.24) is 4.57 Å². The summed E-state index contributed by atoms with van der Waals surface area (Å²) >= 11 is 0. The number of nitrogens with zero attached hydrogens (tertiary/aromatic N) is 2. The lowest BCUT2D eigenvalue weighted by molar-refractivity contribution is 1.18. The molecule has 0 saturated heterocycles. The second kappa shape index (κ2) is 12.5. The fraction of sp³-hybridized carbons (Fsp3) is 0. The quantitative estimate of drug-likeness (QED) is 0.161. The Balaban J connectivity index is 1.07. The van der Waals surface area contributed by atoms with Crippen LogP contribution in [0.2, 0.25) is 0 Å². The van der Waals surface area contributed by atoms with Crippen LogP contribution in [0.15, 0.2) is 206 Å². The van der Waals surface area contributed by atoms with Gasteiger partial charge in [0.2, 0.25) is 0 Å². The Labute approximate surface area is 303 Å². The van der Waals surface area contributed by atoms with E-state index < -0.39 is 0 Å². The molecule has 2 nitrogen and oxygen atoms in total. The highest BCUT2D eigenvalue weighted by Crippen LogP contribution is 2.40. The molecule has 0 spiro atoms. The van der Waals surface area contributed by atoms with Crippen molar-refractivity contribution in [1.29, 1.82) is 0 Å². The van der Waals surface area contributed by atoms with Crippen LogP contribution in [-0.4, -0.2) is 4.57 Å². The van der Waals surface area contributed by atoms with Crippen LogP contribution in [0.4, 0.5) is 17.1 Å². The van der Waals surface area contributed by atoms with E-state index in [2.05, 4.69) is 216 Å². The van der Waals surface area contributed by atoms with Gasteiger partial charge in [-0.2, -0.15) is 0 Å². The molecule has 9 aromatic carbocycles. The number of rotatable bonds is 6. The van der Waals surface area contributed by atoms with E-state index in [1.165, 1.54) is 71.3 Å². The van der Waals surface area contributed by atoms with Gasteiger partial charge >= 0.3 is 0 Å². The minimum absolute atomic E-state index is 1.11. The van der Waals surface area contributed by atoms with E-state index >= 15 is 0 Å². The fourth-order valence-corrected chi connectivity index (χ4v) is 7.83. The smallest absolute Gasteiger partial charge is 0.0541 e. The Morgan fingerprint density at radius 3 is 1.56 bits per heavy atom. The number of hydrogen-bond donors (Lipinski definition) is 0. The van der Waals surface area contributed by atoms with Crippen molar-refractivity contribution in [2.24, 2.45) is 0 Å². The van der Waals surface area contributed by atoms with Gasteiger partial charge < -0.3 is 9.47 Å². The van der Waals surface area contributed by atoms with Gasteiger partial charge in [-0.1, -0.05) is 140 Å². The predicted molar refractivity (Wildman–Crippen MR) is 221 cm³/mol. The fourth-order valence-electron chi connectivity index (χ4n) is 7.83. The Bertz CT molecular complexity index is 2870. The summed E-state index contributed by atoms with van der Waals surface area (Å²) in [6, 6.07) is 74.7. The van der Waals surface area contributed by atoms with Gasteiger partial charge in [0.25, 0.3) is 0 Å². The average Bonchev–Trinajstić information content (AvgIpc) is 3.56. The van der Waals surface area contributed by atoms with E-state index in [0.717, 1.165) is 17.1 Å². The Kier molecular flexibility index (Phi) is 7.18. The molecule has 0 aliphatic rings. The highest BCUT2D eigenvalue weighted by molar-refractivity contribution is 6.11. The van der Waals surface area contributed by atoms with Gasteiger partial charge in [0.05, 0.1) is 11.0 Å². The topological polar surface area (TPSA) is 8.17 Å². The minimum atomic E-state index is 1.11. The van der Waals surface area contributed by atoms with Crippen LogP contribution in [-0.2, 0) is 0 Å². The summed E-state index contributed by atoms with van der Waals surface area (Å²) in [7, 11) is 0. The van der Waals surface area contributed by atoms with Gasteiger partial charge in [-0.05, 0) is 111 Å². The van der Waals surface area contributed by atoms with E-state index in [-0.39, 0.29) is 0 Å². The molecule has 0 aliphatic heterocycles. The van der Waals surface area contributed by atoms with Crippen molar-refractivity contribution < 1.29 is 0 Å². The van der Waals surface area contributed by atoms with Crippen LogP contribution in [0.5, 0.6) is 0 Å². The monoisotopic (exact) mass is 662 g/mol. The molecule has 0 N–H and O–H groups in total. The molecule has 0 aliphatic carbocycles. The zero-order chi connectivity index (χ0) is 34.4. The summed E-state index contributed by atoms with van der Waals surface area (Å²) < 4.78 is 2.37. The number of fused-ring (bicyclic) bond motifs is 6. The molecule has 10 rings (SSSR count). The van der Waals surface area contributed by atoms with Gasteiger partial charge in [0, 0.05) is 33.5 Å². The van der Waals surface area contributed by atoms with E-state index in [1.807, 2.05) is 0 Å². The molecule has 1 heterocycles. The summed E-state index contributed by atoms with van der Waals surface area (Å²) in [6.45, 7) is 0. The molecule has 0 bridgehead atoms. The second-order valence-electron chi connectivity index (χ2n) is 13.4. The first-order chi connectivity index (χ1) is 25.8. The maximum Gasteiger partial charge on any atom is 0.0541 e. The molecular formula is C50H34N2. The van der Waals surface area contributed by atoms with Gasteiger partial charge in [0.1, 0.15) is 0 Å². The van der Waals surface area contributed by atoms with Gasteiger partial charge in [0.15, 0.2) is 0 Å². The minimum Gasteiger partial charge on any atom is -0.310 e. The number of benzene rings is 9. The lowest BCUT2D eigenvalue weighted by Crippen LogP contribution is -2.09. The van der Waals surface area contributed by atoms with E-state index in [0.29, 0.717) is 0 Å². The first kappa shape index (κ1) is 30.0. The highest BCUT2D eigenvalue weighted by Gasteiger charge is 2.16. The van der Waals surface area contributed by atoms with Gasteiger partial charge in [-0.3, -0.25) is 0 Å². The number of anilines is 3. The molecule has 0 atom stereocenters. The zero-order valence-electron chi connectivity index (χ0n) is 28.5. The molecule has 52 heavy (non-hydrogen) atoms. The lowest BCUT2D eigenvalue weighted by Gasteiger charge is -2.26. The summed E-state index contributed by atoms with van der Waals surface area (Å²) in [5, 5.41) is 7.54. The SMILES string of the molecule is c1ccc(-c2ccc(N(c3ccc(-c4ccc5c(c4)c4ccccc4n5-c4ccccc4)cc3)c3ccc4c(ccc5ccccc54)c3)cc2)cc1. The van der Waals surface area contributed by atoms with E-state index in [1.54, 1.807) is 0 Å². The molecule has 1 aromatic heterocycles. The van der Waals surface area contributed by atoms with Crippen LogP contribution in [0, 0.1) is 0 Å². The molecule has 0 saturated carbocycles. The first-order valence-electron chi connectivity index (χ1n) is 17.8. The van der Waals surface area contributed by atoms with Crippen LogP contribution >= 0.6 is 0 Å². The molecule has 0 unspecified atom stereocenters. The third-order valence-corrected chi connectivity index (χ3v) is 10.4. The zero-order valence-corrected chi connectivity index (χ0v) is 28.5. The van der Waals surface area contributed by atoms with Crippen molar-refractivity contribution in [2.75, 3.05) is 4.90 Å². The van der Waals surface area contributed by atoms with Crippen molar-refractivity contribution in [3.05, 3.63) is 206 Å². The summed E-state index contributed by atoms with van der Waals surface area (Å²) in [5.74, 6) is 0. The summed E-state index contributed by atoms with van der Waals surface area (Å²) in [6.07, 6.45) is 0. The highest BCUT2D eigenvalue weighted by atomic mass is 15.1. The number of aromatic nitrogens is 1. The first-order valence-corrected chi connectivity index (χ1v) is 17.8. The third kappa shape index (κ3) is 5.12. The van der Waals surface area contributed by atoms with Crippen LogP contribution in [0.25, 0.3) is 71.3 Å². The summed E-state index contributed by atoms with van der Waals surface area (Å²) in [5.41, 5.74) is 11.7. The van der Waals surface area contributed by atoms with Gasteiger partial charge in [-0.25, -0.2) is 0 Å². The molecule has 244 valence electrons. The van der Waals surface area contributed by atoms with Gasteiger partial charge in [-0.15, -0.1) is 0 Å². The van der Waals surface area contributed by atoms with E-state index in [4.69, 9.17) is 0 Å². The maximum atomic E-state index is 2.37. The van der Waals surface area contributed by atoms with Crippen LogP contribution in [0.1, 0.15) is 0 Å². The molecular weight excluding hydrogens is 629 g/mol. The third-order valence-electron chi connectivity index (χ3n) is 10.4. The molecule has 0 radical (unpaired) electrons. The Morgan fingerprint density at radius 2 is 0.808 bits per heavy atom. The predicted octanol–water partition coefficient (Wildman–Crippen LogP) is 13.9. The normalized spacial score (nSPS) is 11.5. The number of para-hydroxylation sites is 2. The molecule has 0 fully saturated rings. The lowest BCUT2D eigenvalue weighted by atomic mass is 10.00. The molecule has 10 aromatic rings. The largest absolute Gasteiger partial charge is 0.310 e. The van der Waals surface area contributed by atoms with Crippen LogP contribution < -0.4 is 4.90 Å². The Morgan fingerprint density at radius 1 is 0.288 bits per heavy atom. The molecule has 2 heteroatoms. The van der Waals surface area contributed by atoms with Crippen molar-refractivity contribution in [3.8, 4) is 27.9 Å². The molecule has 0 amide bonds. The van der Waals surface area contributed by atoms with Crippen LogP contribution in [0.3, 0.4) is 0 Å². The second-order valence-corrected chi connectivity index (χ2v) is 13.4. The standard InChI is InChI=1S/C50H34N2/c1-3-11-35(12-4-1)36-21-26-42(27-22-36)51(44-30-31-46-40(33-44)20-19-38-13-7-8-16-45(38)46)43-28-23-37(24-29-43)39-25-32-50-48(34-39)47-17-9-10-18-49(47)52(50)41-14-5-2-6-15-41/h1-34H. The van der Waals surface area contributed by atoms with Crippen molar-refractivity contribution >= 4 is 60.4 Å².